The van der Waals surface area contributed by atoms with Gasteiger partial charge in [0, 0.05) is 10.9 Å². The summed E-state index contributed by atoms with van der Waals surface area (Å²) in [5.41, 5.74) is 3.39. The smallest absolute Gasteiger partial charge is 0.375 e. The van der Waals surface area contributed by atoms with Crippen molar-refractivity contribution in [2.45, 2.75) is 26.7 Å². The molecule has 1 aliphatic rings. The van der Waals surface area contributed by atoms with Crippen molar-refractivity contribution in [3.05, 3.63) is 35.0 Å². The summed E-state index contributed by atoms with van der Waals surface area (Å²) in [5, 5.41) is 1.02. The van der Waals surface area contributed by atoms with Crippen LogP contribution in [-0.4, -0.2) is 29.1 Å². The van der Waals surface area contributed by atoms with Crippen LogP contribution in [0, 0.1) is 12.8 Å². The normalized spacial score (nSPS) is 17.4. The number of aromatic amines is 1. The summed E-state index contributed by atoms with van der Waals surface area (Å²) in [4.78, 5) is 39.3. The first kappa shape index (κ1) is 14.5. The number of Topliss-reactive ketones (excluding diaryl/α,β-unsaturated/α-hetero) is 2. The molecule has 1 N–H and O–H groups in total. The molecule has 1 aromatic heterocycles. The maximum Gasteiger partial charge on any atom is 0.375 e. The van der Waals surface area contributed by atoms with Crippen molar-refractivity contribution in [1.82, 2.24) is 4.98 Å². The molecule has 0 spiro atoms. The summed E-state index contributed by atoms with van der Waals surface area (Å²) in [6.07, 6.45) is 0.949. The van der Waals surface area contributed by atoms with Gasteiger partial charge in [0.2, 0.25) is 0 Å². The summed E-state index contributed by atoms with van der Waals surface area (Å²) in [7, 11) is 0. The zero-order valence-electron chi connectivity index (χ0n) is 12.6. The van der Waals surface area contributed by atoms with Crippen LogP contribution >= 0.6 is 0 Å². The maximum atomic E-state index is 12.6. The van der Waals surface area contributed by atoms with Crippen molar-refractivity contribution in [3.63, 3.8) is 0 Å². The van der Waals surface area contributed by atoms with Crippen LogP contribution < -0.4 is 0 Å². The van der Waals surface area contributed by atoms with Gasteiger partial charge in [-0.1, -0.05) is 11.6 Å². The molecule has 1 aliphatic carbocycles. The zero-order valence-corrected chi connectivity index (χ0v) is 12.6. The average molecular weight is 299 g/mol. The van der Waals surface area contributed by atoms with Crippen LogP contribution in [0.1, 0.15) is 35.0 Å². The number of hydrogen-bond acceptors (Lipinski definition) is 4. The Morgan fingerprint density at radius 3 is 2.86 bits per heavy atom. The van der Waals surface area contributed by atoms with Gasteiger partial charge in [-0.15, -0.1) is 0 Å². The van der Waals surface area contributed by atoms with Crippen LogP contribution in [0.2, 0.25) is 0 Å². The quantitative estimate of drug-likeness (QED) is 0.536. The second-order valence-corrected chi connectivity index (χ2v) is 5.57. The number of esters is 1. The van der Waals surface area contributed by atoms with Crippen molar-refractivity contribution >= 4 is 28.4 Å². The monoisotopic (exact) mass is 299 g/mol. The van der Waals surface area contributed by atoms with Crippen molar-refractivity contribution in [2.75, 3.05) is 6.61 Å². The molecular formula is C17H17NO4. The summed E-state index contributed by atoms with van der Waals surface area (Å²) in [5.74, 6) is -2.91. The zero-order chi connectivity index (χ0) is 15.9. The highest BCUT2D eigenvalue weighted by atomic mass is 16.5. The summed E-state index contributed by atoms with van der Waals surface area (Å²) in [6, 6.07) is 5.93. The SMILES string of the molecule is CCOC(=O)C(=O)[C@H]1CCc2c([nH]c3ccc(C)cc23)C1=O. The molecule has 3 rings (SSSR count). The highest BCUT2D eigenvalue weighted by molar-refractivity contribution is 6.39. The lowest BCUT2D eigenvalue weighted by Crippen LogP contribution is -2.35. The van der Waals surface area contributed by atoms with E-state index in [4.69, 9.17) is 4.74 Å². The first-order valence-electron chi connectivity index (χ1n) is 7.39. The molecule has 0 aliphatic heterocycles. The summed E-state index contributed by atoms with van der Waals surface area (Å²) >= 11 is 0. The Bertz CT molecular complexity index is 787. The number of nitrogens with one attached hydrogen (secondary N) is 1. The van der Waals surface area contributed by atoms with Gasteiger partial charge in [0.05, 0.1) is 18.2 Å². The molecule has 1 atom stereocenters. The Morgan fingerprint density at radius 2 is 2.14 bits per heavy atom. The van der Waals surface area contributed by atoms with Crippen molar-refractivity contribution in [2.24, 2.45) is 5.92 Å². The number of aryl methyl sites for hydroxylation is 2. The van der Waals surface area contributed by atoms with Crippen LogP contribution in [0.3, 0.4) is 0 Å². The highest BCUT2D eigenvalue weighted by Crippen LogP contribution is 2.32. The third-order valence-electron chi connectivity index (χ3n) is 4.10. The van der Waals surface area contributed by atoms with Crippen molar-refractivity contribution in [3.8, 4) is 0 Å². The van der Waals surface area contributed by atoms with Gasteiger partial charge in [0.15, 0.2) is 5.78 Å². The molecule has 114 valence electrons. The topological polar surface area (TPSA) is 76.2 Å². The number of carbonyl (C=O) groups is 3. The molecular weight excluding hydrogens is 282 g/mol. The van der Waals surface area contributed by atoms with Crippen LogP contribution in [0.15, 0.2) is 18.2 Å². The molecule has 2 aromatic rings. The van der Waals surface area contributed by atoms with Crippen LogP contribution in [0.5, 0.6) is 0 Å². The van der Waals surface area contributed by atoms with Gasteiger partial charge in [-0.3, -0.25) is 9.59 Å². The maximum absolute atomic E-state index is 12.6. The largest absolute Gasteiger partial charge is 0.460 e. The Balaban J connectivity index is 1.98. The fraction of sp³-hybridized carbons (Fsp3) is 0.353. The molecule has 0 radical (unpaired) electrons. The van der Waals surface area contributed by atoms with E-state index in [1.807, 2.05) is 25.1 Å². The van der Waals surface area contributed by atoms with Gasteiger partial charge in [0.1, 0.15) is 0 Å². The predicted molar refractivity (Wildman–Crippen MR) is 80.8 cm³/mol. The molecule has 0 amide bonds. The average Bonchev–Trinajstić information content (AvgIpc) is 2.86. The fourth-order valence-corrected chi connectivity index (χ4v) is 3.02. The van der Waals surface area contributed by atoms with Crippen LogP contribution in [-0.2, 0) is 20.7 Å². The molecule has 0 unspecified atom stereocenters. The number of ether oxygens (including phenoxy) is 1. The first-order chi connectivity index (χ1) is 10.5. The van der Waals surface area contributed by atoms with Gasteiger partial charge in [-0.2, -0.15) is 0 Å². The van der Waals surface area contributed by atoms with E-state index in [1.165, 1.54) is 0 Å². The number of hydrogen-bond donors (Lipinski definition) is 1. The molecule has 5 heteroatoms. The number of fused-ring (bicyclic) bond motifs is 3. The van der Waals surface area contributed by atoms with E-state index in [9.17, 15) is 14.4 Å². The second-order valence-electron chi connectivity index (χ2n) is 5.57. The lowest BCUT2D eigenvalue weighted by atomic mass is 9.83. The van der Waals surface area contributed by atoms with E-state index in [0.717, 1.165) is 22.0 Å². The van der Waals surface area contributed by atoms with Gasteiger partial charge in [-0.25, -0.2) is 4.79 Å². The Hall–Kier alpha value is -2.43. The molecule has 0 saturated carbocycles. The second kappa shape index (κ2) is 5.40. The molecule has 0 bridgehead atoms. The summed E-state index contributed by atoms with van der Waals surface area (Å²) in [6.45, 7) is 3.75. The minimum atomic E-state index is -0.930. The number of ketones is 2. The minimum absolute atomic E-state index is 0.127. The number of rotatable bonds is 3. The van der Waals surface area contributed by atoms with E-state index in [-0.39, 0.29) is 12.4 Å². The van der Waals surface area contributed by atoms with Crippen LogP contribution in [0.25, 0.3) is 10.9 Å². The van der Waals surface area contributed by atoms with E-state index in [2.05, 4.69) is 4.98 Å². The van der Waals surface area contributed by atoms with E-state index >= 15 is 0 Å². The number of H-pyrrole nitrogens is 1. The van der Waals surface area contributed by atoms with E-state index < -0.39 is 17.7 Å². The van der Waals surface area contributed by atoms with Gasteiger partial charge >= 0.3 is 5.97 Å². The standard InChI is InChI=1S/C17H17NO4/c1-3-22-17(21)16(20)11-6-5-10-12-8-9(2)4-7-13(12)18-14(10)15(11)19/h4,7-8,11,18H,3,5-6H2,1-2H3/t11-/m0/s1. The lowest BCUT2D eigenvalue weighted by molar-refractivity contribution is -0.154. The van der Waals surface area contributed by atoms with Crippen LogP contribution in [0.4, 0.5) is 0 Å². The molecule has 0 saturated heterocycles. The van der Waals surface area contributed by atoms with Gasteiger partial charge in [-0.05, 0) is 44.4 Å². The highest BCUT2D eigenvalue weighted by Gasteiger charge is 2.38. The van der Waals surface area contributed by atoms with Gasteiger partial charge in [0.25, 0.3) is 5.78 Å². The number of carbonyl (C=O) groups excluding carboxylic acids is 3. The first-order valence-corrected chi connectivity index (χ1v) is 7.39. The molecule has 0 fully saturated rings. The number of benzene rings is 1. The van der Waals surface area contributed by atoms with Gasteiger partial charge < -0.3 is 9.72 Å². The molecule has 22 heavy (non-hydrogen) atoms. The number of aromatic nitrogens is 1. The fourth-order valence-electron chi connectivity index (χ4n) is 3.02. The lowest BCUT2D eigenvalue weighted by Gasteiger charge is -2.19. The molecule has 5 nitrogen and oxygen atoms in total. The molecule has 1 heterocycles. The Kier molecular flexibility index (Phi) is 3.56. The summed E-state index contributed by atoms with van der Waals surface area (Å²) < 4.78 is 4.72. The van der Waals surface area contributed by atoms with Crippen molar-refractivity contribution in [1.29, 1.82) is 0 Å². The predicted octanol–water partition coefficient (Wildman–Crippen LogP) is 2.35. The third kappa shape index (κ3) is 2.22. The third-order valence-corrected chi connectivity index (χ3v) is 4.10. The Morgan fingerprint density at radius 1 is 1.36 bits per heavy atom. The minimum Gasteiger partial charge on any atom is -0.460 e. The molecule has 1 aromatic carbocycles. The van der Waals surface area contributed by atoms with E-state index in [1.54, 1.807) is 6.92 Å². The Labute approximate surface area is 127 Å². The van der Waals surface area contributed by atoms with E-state index in [0.29, 0.717) is 18.5 Å². The van der Waals surface area contributed by atoms with Crippen molar-refractivity contribution < 1.29 is 19.1 Å².